The van der Waals surface area contributed by atoms with Crippen LogP contribution in [0.2, 0.25) is 0 Å². The van der Waals surface area contributed by atoms with Crippen molar-refractivity contribution in [3.05, 3.63) is 41.5 Å². The number of likely N-dealkylation sites (tertiary alicyclic amines) is 1. The number of nitrogens with zero attached hydrogens (tertiary/aromatic N) is 5. The second-order valence-electron chi connectivity index (χ2n) is 7.21. The van der Waals surface area contributed by atoms with Gasteiger partial charge in [0.25, 0.3) is 0 Å². The van der Waals surface area contributed by atoms with Crippen molar-refractivity contribution in [2.75, 3.05) is 13.1 Å². The maximum absolute atomic E-state index is 13.6. The Morgan fingerprint density at radius 2 is 2.04 bits per heavy atom. The third-order valence-corrected chi connectivity index (χ3v) is 4.74. The first-order chi connectivity index (χ1) is 11.9. The highest BCUT2D eigenvalue weighted by Crippen LogP contribution is 2.25. The van der Waals surface area contributed by atoms with Gasteiger partial charge in [0.2, 0.25) is 5.91 Å². The van der Waals surface area contributed by atoms with Crippen molar-refractivity contribution in [3.63, 3.8) is 0 Å². The SMILES string of the molecule is Cc1nnnn1[C@H](Cc1cccc(F)c1)C(=O)N1C[C@@H](C)C[C@H](C)C1. The monoisotopic (exact) mass is 345 g/mol. The molecule has 0 bridgehead atoms. The first-order valence-corrected chi connectivity index (χ1v) is 8.71. The lowest BCUT2D eigenvalue weighted by molar-refractivity contribution is -0.138. The molecule has 1 saturated heterocycles. The van der Waals surface area contributed by atoms with E-state index in [-0.39, 0.29) is 11.7 Å². The lowest BCUT2D eigenvalue weighted by atomic mass is 9.91. The minimum Gasteiger partial charge on any atom is -0.340 e. The molecular weight excluding hydrogens is 321 g/mol. The van der Waals surface area contributed by atoms with E-state index < -0.39 is 6.04 Å². The summed E-state index contributed by atoms with van der Waals surface area (Å²) in [6.45, 7) is 7.58. The minimum atomic E-state index is -0.561. The number of piperidine rings is 1. The molecule has 2 heterocycles. The molecule has 1 fully saturated rings. The van der Waals surface area contributed by atoms with Crippen LogP contribution < -0.4 is 0 Å². The number of aryl methyl sites for hydroxylation is 1. The Balaban J connectivity index is 1.88. The van der Waals surface area contributed by atoms with Gasteiger partial charge in [-0.1, -0.05) is 26.0 Å². The molecule has 1 aromatic carbocycles. The zero-order valence-electron chi connectivity index (χ0n) is 14.9. The van der Waals surface area contributed by atoms with Crippen LogP contribution in [0.5, 0.6) is 0 Å². The van der Waals surface area contributed by atoms with Crippen molar-refractivity contribution in [1.29, 1.82) is 0 Å². The molecule has 7 heteroatoms. The van der Waals surface area contributed by atoms with E-state index in [0.29, 0.717) is 24.1 Å². The molecule has 0 saturated carbocycles. The summed E-state index contributed by atoms with van der Waals surface area (Å²) in [6, 6.07) is 5.78. The van der Waals surface area contributed by atoms with E-state index in [1.165, 1.54) is 12.1 Å². The molecule has 0 aliphatic carbocycles. The smallest absolute Gasteiger partial charge is 0.247 e. The lowest BCUT2D eigenvalue weighted by Crippen LogP contribution is -2.46. The van der Waals surface area contributed by atoms with Crippen LogP contribution in [0.3, 0.4) is 0 Å². The van der Waals surface area contributed by atoms with Crippen LogP contribution >= 0.6 is 0 Å². The Bertz CT molecular complexity index is 737. The van der Waals surface area contributed by atoms with Crippen molar-refractivity contribution in [3.8, 4) is 0 Å². The Morgan fingerprint density at radius 3 is 2.64 bits per heavy atom. The third kappa shape index (κ3) is 4.03. The molecular formula is C18H24FN5O. The number of carbonyl (C=O) groups excluding carboxylic acids is 1. The molecule has 3 atom stereocenters. The number of tetrazole rings is 1. The highest BCUT2D eigenvalue weighted by atomic mass is 19.1. The summed E-state index contributed by atoms with van der Waals surface area (Å²) in [5.74, 6) is 1.21. The molecule has 134 valence electrons. The molecule has 6 nitrogen and oxygen atoms in total. The maximum atomic E-state index is 13.6. The quantitative estimate of drug-likeness (QED) is 0.854. The molecule has 0 unspecified atom stereocenters. The van der Waals surface area contributed by atoms with Gasteiger partial charge in [-0.2, -0.15) is 0 Å². The molecule has 2 aromatic rings. The number of rotatable bonds is 4. The molecule has 0 N–H and O–H groups in total. The van der Waals surface area contributed by atoms with Gasteiger partial charge in [0.15, 0.2) is 0 Å². The van der Waals surface area contributed by atoms with E-state index in [2.05, 4.69) is 29.4 Å². The zero-order chi connectivity index (χ0) is 18.0. The highest BCUT2D eigenvalue weighted by Gasteiger charge is 2.32. The topological polar surface area (TPSA) is 63.9 Å². The van der Waals surface area contributed by atoms with Gasteiger partial charge in [0, 0.05) is 19.5 Å². The fourth-order valence-electron chi connectivity index (χ4n) is 3.75. The second-order valence-corrected chi connectivity index (χ2v) is 7.21. The summed E-state index contributed by atoms with van der Waals surface area (Å²) in [7, 11) is 0. The first kappa shape index (κ1) is 17.5. The Labute approximate surface area is 147 Å². The number of hydrogen-bond acceptors (Lipinski definition) is 4. The van der Waals surface area contributed by atoms with E-state index in [9.17, 15) is 9.18 Å². The van der Waals surface area contributed by atoms with Crippen LogP contribution in [-0.4, -0.2) is 44.1 Å². The van der Waals surface area contributed by atoms with Crippen molar-refractivity contribution in [2.24, 2.45) is 11.8 Å². The van der Waals surface area contributed by atoms with E-state index in [0.717, 1.165) is 25.1 Å². The predicted molar refractivity (Wildman–Crippen MR) is 91.2 cm³/mol. The van der Waals surface area contributed by atoms with Crippen LogP contribution in [0.25, 0.3) is 0 Å². The van der Waals surface area contributed by atoms with Gasteiger partial charge in [-0.05, 0) is 53.3 Å². The van der Waals surface area contributed by atoms with Crippen LogP contribution in [0, 0.1) is 24.6 Å². The number of aromatic nitrogens is 4. The summed E-state index contributed by atoms with van der Waals surface area (Å²) in [5.41, 5.74) is 0.756. The third-order valence-electron chi connectivity index (χ3n) is 4.74. The van der Waals surface area contributed by atoms with Crippen LogP contribution in [0.1, 0.15) is 37.7 Å². The molecule has 1 aromatic heterocycles. The predicted octanol–water partition coefficient (Wildman–Crippen LogP) is 2.41. The summed E-state index contributed by atoms with van der Waals surface area (Å²) in [5, 5.41) is 11.6. The second kappa shape index (κ2) is 7.29. The van der Waals surface area contributed by atoms with E-state index in [1.807, 2.05) is 11.0 Å². The lowest BCUT2D eigenvalue weighted by Gasteiger charge is -2.37. The van der Waals surface area contributed by atoms with Gasteiger partial charge in [-0.25, -0.2) is 9.07 Å². The summed E-state index contributed by atoms with van der Waals surface area (Å²) >= 11 is 0. The molecule has 1 amide bonds. The van der Waals surface area contributed by atoms with Crippen LogP contribution in [-0.2, 0) is 11.2 Å². The van der Waals surface area contributed by atoms with Crippen molar-refractivity contribution < 1.29 is 9.18 Å². The maximum Gasteiger partial charge on any atom is 0.247 e. The average Bonchev–Trinajstić information content (AvgIpc) is 2.97. The van der Waals surface area contributed by atoms with Crippen molar-refractivity contribution in [2.45, 2.75) is 39.7 Å². The summed E-state index contributed by atoms with van der Waals surface area (Å²) < 4.78 is 15.1. The van der Waals surface area contributed by atoms with Gasteiger partial charge in [0.05, 0.1) is 0 Å². The van der Waals surface area contributed by atoms with Crippen LogP contribution in [0.4, 0.5) is 4.39 Å². The number of halogens is 1. The average molecular weight is 345 g/mol. The Morgan fingerprint density at radius 1 is 1.32 bits per heavy atom. The molecule has 0 radical (unpaired) electrons. The number of amides is 1. The zero-order valence-corrected chi connectivity index (χ0v) is 14.9. The van der Waals surface area contributed by atoms with E-state index in [4.69, 9.17) is 0 Å². The van der Waals surface area contributed by atoms with Gasteiger partial charge >= 0.3 is 0 Å². The van der Waals surface area contributed by atoms with Gasteiger partial charge in [-0.15, -0.1) is 5.10 Å². The molecule has 0 spiro atoms. The summed E-state index contributed by atoms with van der Waals surface area (Å²) in [4.78, 5) is 15.2. The fraction of sp³-hybridized carbons (Fsp3) is 0.556. The normalized spacial score (nSPS) is 22.0. The largest absolute Gasteiger partial charge is 0.340 e. The number of hydrogen-bond donors (Lipinski definition) is 0. The standard InChI is InChI=1S/C18H24FN5O/c1-12-7-13(2)11-23(10-12)18(25)17(24-14(3)20-21-22-24)9-15-5-4-6-16(19)8-15/h4-6,8,12-13,17H,7,9-11H2,1-3H3/t12-,13-,17+/m0/s1. The Hall–Kier alpha value is -2.31. The Kier molecular flexibility index (Phi) is 5.11. The summed E-state index contributed by atoms with van der Waals surface area (Å²) in [6.07, 6.45) is 1.49. The van der Waals surface area contributed by atoms with E-state index >= 15 is 0 Å². The molecule has 1 aliphatic rings. The van der Waals surface area contributed by atoms with Gasteiger partial charge in [-0.3, -0.25) is 4.79 Å². The highest BCUT2D eigenvalue weighted by molar-refractivity contribution is 5.81. The van der Waals surface area contributed by atoms with Crippen molar-refractivity contribution in [1.82, 2.24) is 25.1 Å². The van der Waals surface area contributed by atoms with Crippen LogP contribution in [0.15, 0.2) is 24.3 Å². The number of carbonyl (C=O) groups is 1. The van der Waals surface area contributed by atoms with Gasteiger partial charge in [0.1, 0.15) is 17.7 Å². The minimum absolute atomic E-state index is 0.00180. The van der Waals surface area contributed by atoms with Gasteiger partial charge < -0.3 is 4.90 Å². The number of benzene rings is 1. The first-order valence-electron chi connectivity index (χ1n) is 8.71. The van der Waals surface area contributed by atoms with E-state index in [1.54, 1.807) is 17.7 Å². The fourth-order valence-corrected chi connectivity index (χ4v) is 3.75. The van der Waals surface area contributed by atoms with Crippen molar-refractivity contribution >= 4 is 5.91 Å². The molecule has 25 heavy (non-hydrogen) atoms. The molecule has 1 aliphatic heterocycles. The molecule has 3 rings (SSSR count).